The molecule has 1 aliphatic carbocycles. The minimum Gasteiger partial charge on any atom is -0.379 e. The summed E-state index contributed by atoms with van der Waals surface area (Å²) in [4.78, 5) is 2.78. The molecule has 1 saturated carbocycles. The van der Waals surface area contributed by atoms with Crippen molar-refractivity contribution < 1.29 is 4.74 Å². The monoisotopic (exact) mass is 296 g/mol. The topological polar surface area (TPSA) is 24.5 Å². The molecule has 21 heavy (non-hydrogen) atoms. The molecule has 1 atom stereocenters. The lowest BCUT2D eigenvalue weighted by molar-refractivity contribution is -0.0371. The van der Waals surface area contributed by atoms with Gasteiger partial charge in [-0.3, -0.25) is 4.90 Å². The lowest BCUT2D eigenvalue weighted by Crippen LogP contribution is -2.62. The van der Waals surface area contributed by atoms with Gasteiger partial charge in [0, 0.05) is 24.7 Å². The molecule has 0 aromatic carbocycles. The second kappa shape index (κ2) is 9.12. The van der Waals surface area contributed by atoms with E-state index in [1.165, 1.54) is 64.3 Å². The lowest BCUT2D eigenvalue weighted by atomic mass is 9.82. The van der Waals surface area contributed by atoms with Crippen LogP contribution in [0.3, 0.4) is 0 Å². The molecule has 0 aromatic heterocycles. The summed E-state index contributed by atoms with van der Waals surface area (Å²) in [6.07, 6.45) is 12.3. The van der Waals surface area contributed by atoms with Crippen LogP contribution in [0.25, 0.3) is 0 Å². The number of hydrogen-bond acceptors (Lipinski definition) is 3. The van der Waals surface area contributed by atoms with Crippen molar-refractivity contribution in [3.05, 3.63) is 0 Å². The summed E-state index contributed by atoms with van der Waals surface area (Å²) in [5.74, 6) is 0. The van der Waals surface area contributed by atoms with Gasteiger partial charge in [0.15, 0.2) is 0 Å². The fourth-order valence-electron chi connectivity index (χ4n) is 4.36. The zero-order valence-electron chi connectivity index (χ0n) is 14.3. The predicted molar refractivity (Wildman–Crippen MR) is 89.8 cm³/mol. The quantitative estimate of drug-likeness (QED) is 0.658. The molecule has 0 spiro atoms. The minimum absolute atomic E-state index is 0.423. The third kappa shape index (κ3) is 4.43. The van der Waals surface area contributed by atoms with Gasteiger partial charge in [-0.05, 0) is 32.2 Å². The van der Waals surface area contributed by atoms with Crippen molar-refractivity contribution in [1.29, 1.82) is 0 Å². The van der Waals surface area contributed by atoms with Crippen molar-refractivity contribution in [2.45, 2.75) is 83.2 Å². The van der Waals surface area contributed by atoms with Gasteiger partial charge in [0.25, 0.3) is 0 Å². The third-order valence-corrected chi connectivity index (χ3v) is 5.50. The van der Waals surface area contributed by atoms with Crippen molar-refractivity contribution in [2.75, 3.05) is 32.8 Å². The average Bonchev–Trinajstić information content (AvgIpc) is 3.02. The molecule has 1 N–H and O–H groups in total. The highest BCUT2D eigenvalue weighted by molar-refractivity contribution is 5.04. The zero-order chi connectivity index (χ0) is 15.0. The van der Waals surface area contributed by atoms with Crippen molar-refractivity contribution in [3.8, 4) is 0 Å². The van der Waals surface area contributed by atoms with Gasteiger partial charge in [0.05, 0.1) is 13.2 Å². The highest BCUT2D eigenvalue weighted by atomic mass is 16.5. The maximum absolute atomic E-state index is 5.60. The van der Waals surface area contributed by atoms with Crippen LogP contribution in [0.4, 0.5) is 0 Å². The molecule has 1 heterocycles. The van der Waals surface area contributed by atoms with Gasteiger partial charge in [0.1, 0.15) is 0 Å². The Morgan fingerprint density at radius 3 is 2.38 bits per heavy atom. The lowest BCUT2D eigenvalue weighted by Gasteiger charge is -2.49. The molecule has 3 heteroatoms. The van der Waals surface area contributed by atoms with Crippen LogP contribution in [0.2, 0.25) is 0 Å². The van der Waals surface area contributed by atoms with E-state index < -0.39 is 0 Å². The molecule has 0 amide bonds. The minimum atomic E-state index is 0.423. The summed E-state index contributed by atoms with van der Waals surface area (Å²) in [6.45, 7) is 9.89. The SMILES string of the molecule is CCCCCC(NCCC)C1(N2CCOCC2)CCCC1. The molecular formula is C18H36N2O. The molecular weight excluding hydrogens is 260 g/mol. The van der Waals surface area contributed by atoms with Gasteiger partial charge in [-0.1, -0.05) is 46.0 Å². The molecule has 0 bridgehead atoms. The van der Waals surface area contributed by atoms with Crippen molar-refractivity contribution in [1.82, 2.24) is 10.2 Å². The highest BCUT2D eigenvalue weighted by Crippen LogP contribution is 2.40. The molecule has 2 aliphatic rings. The fraction of sp³-hybridized carbons (Fsp3) is 1.00. The largest absolute Gasteiger partial charge is 0.379 e. The Hall–Kier alpha value is -0.120. The predicted octanol–water partition coefficient (Wildman–Crippen LogP) is 3.58. The fourth-order valence-corrected chi connectivity index (χ4v) is 4.36. The molecule has 2 fully saturated rings. The Kier molecular flexibility index (Phi) is 7.48. The molecule has 2 rings (SSSR count). The van der Waals surface area contributed by atoms with Crippen molar-refractivity contribution in [3.63, 3.8) is 0 Å². The molecule has 124 valence electrons. The summed E-state index contributed by atoms with van der Waals surface area (Å²) < 4.78 is 5.60. The standard InChI is InChI=1S/C18H36N2O/c1-3-5-6-9-17(19-12-4-2)18(10-7-8-11-18)20-13-15-21-16-14-20/h17,19H,3-16H2,1-2H3. The maximum atomic E-state index is 5.60. The Bertz CT molecular complexity index is 270. The molecule has 1 saturated heterocycles. The van der Waals surface area contributed by atoms with Gasteiger partial charge in [-0.25, -0.2) is 0 Å². The Morgan fingerprint density at radius 1 is 1.05 bits per heavy atom. The number of unbranched alkanes of at least 4 members (excludes halogenated alkanes) is 2. The molecule has 1 aliphatic heterocycles. The summed E-state index contributed by atoms with van der Waals surface area (Å²) >= 11 is 0. The van der Waals surface area contributed by atoms with Crippen LogP contribution in [0, 0.1) is 0 Å². The van der Waals surface area contributed by atoms with Crippen molar-refractivity contribution in [2.24, 2.45) is 0 Å². The van der Waals surface area contributed by atoms with E-state index in [0.717, 1.165) is 26.3 Å². The first-order chi connectivity index (χ1) is 10.3. The summed E-state index contributed by atoms with van der Waals surface area (Å²) in [6, 6.07) is 0.685. The average molecular weight is 296 g/mol. The summed E-state index contributed by atoms with van der Waals surface area (Å²) in [5.41, 5.74) is 0.423. The van der Waals surface area contributed by atoms with Gasteiger partial charge < -0.3 is 10.1 Å². The number of rotatable bonds is 9. The Balaban J connectivity index is 2.05. The number of nitrogens with zero attached hydrogens (tertiary/aromatic N) is 1. The van der Waals surface area contributed by atoms with Crippen LogP contribution in [-0.4, -0.2) is 49.3 Å². The van der Waals surface area contributed by atoms with Crippen LogP contribution in [-0.2, 0) is 4.74 Å². The highest BCUT2D eigenvalue weighted by Gasteiger charge is 2.45. The van der Waals surface area contributed by atoms with Crippen molar-refractivity contribution >= 4 is 0 Å². The maximum Gasteiger partial charge on any atom is 0.0594 e. The Morgan fingerprint density at radius 2 is 1.76 bits per heavy atom. The van der Waals surface area contributed by atoms with Gasteiger partial charge in [0.2, 0.25) is 0 Å². The van der Waals surface area contributed by atoms with Gasteiger partial charge in [-0.15, -0.1) is 0 Å². The van der Waals surface area contributed by atoms with Crippen LogP contribution in [0.15, 0.2) is 0 Å². The first-order valence-electron chi connectivity index (χ1n) is 9.39. The first kappa shape index (κ1) is 17.2. The van der Waals surface area contributed by atoms with E-state index in [0.29, 0.717) is 11.6 Å². The zero-order valence-corrected chi connectivity index (χ0v) is 14.3. The smallest absolute Gasteiger partial charge is 0.0594 e. The van der Waals surface area contributed by atoms with E-state index in [1.807, 2.05) is 0 Å². The first-order valence-corrected chi connectivity index (χ1v) is 9.39. The van der Waals surface area contributed by atoms with Gasteiger partial charge >= 0.3 is 0 Å². The second-order valence-corrected chi connectivity index (χ2v) is 6.91. The van der Waals surface area contributed by atoms with E-state index in [1.54, 1.807) is 0 Å². The molecule has 0 radical (unpaired) electrons. The van der Waals surface area contributed by atoms with Crippen LogP contribution in [0.1, 0.15) is 71.6 Å². The second-order valence-electron chi connectivity index (χ2n) is 6.91. The van der Waals surface area contributed by atoms with E-state index in [4.69, 9.17) is 4.74 Å². The molecule has 1 unspecified atom stereocenters. The normalized spacial score (nSPS) is 24.3. The van der Waals surface area contributed by atoms with Gasteiger partial charge in [-0.2, -0.15) is 0 Å². The summed E-state index contributed by atoms with van der Waals surface area (Å²) in [5, 5.41) is 3.93. The number of morpholine rings is 1. The number of ether oxygens (including phenoxy) is 1. The van der Waals surface area contributed by atoms with Crippen LogP contribution < -0.4 is 5.32 Å². The van der Waals surface area contributed by atoms with E-state index in [2.05, 4.69) is 24.1 Å². The van der Waals surface area contributed by atoms with E-state index >= 15 is 0 Å². The van der Waals surface area contributed by atoms with Crippen LogP contribution >= 0.6 is 0 Å². The number of nitrogens with one attached hydrogen (secondary N) is 1. The van der Waals surface area contributed by atoms with E-state index in [9.17, 15) is 0 Å². The van der Waals surface area contributed by atoms with E-state index in [-0.39, 0.29) is 0 Å². The number of hydrogen-bond donors (Lipinski definition) is 1. The third-order valence-electron chi connectivity index (χ3n) is 5.50. The summed E-state index contributed by atoms with van der Waals surface area (Å²) in [7, 11) is 0. The van der Waals surface area contributed by atoms with Crippen LogP contribution in [0.5, 0.6) is 0 Å². The Labute approximate surface area is 131 Å². The molecule has 3 nitrogen and oxygen atoms in total. The molecule has 0 aromatic rings.